The van der Waals surface area contributed by atoms with E-state index < -0.39 is 19.9 Å². The molecule has 2 aromatic carbocycles. The van der Waals surface area contributed by atoms with E-state index in [9.17, 15) is 16.8 Å². The zero-order valence-corrected chi connectivity index (χ0v) is 17.2. The molecule has 1 aliphatic rings. The Bertz CT molecular complexity index is 984. The monoisotopic (exact) mass is 424 g/mol. The topological polar surface area (TPSA) is 92.8 Å². The molecular weight excluding hydrogens is 400 g/mol. The molecule has 152 valence electrons. The molecule has 28 heavy (non-hydrogen) atoms. The van der Waals surface area contributed by atoms with Gasteiger partial charge in [0.2, 0.25) is 10.0 Å². The molecule has 1 atom stereocenters. The van der Waals surface area contributed by atoms with Crippen LogP contribution < -0.4 is 4.72 Å². The Labute approximate surface area is 166 Å². The fourth-order valence-electron chi connectivity index (χ4n) is 3.16. The van der Waals surface area contributed by atoms with E-state index in [2.05, 4.69) is 9.62 Å². The van der Waals surface area contributed by atoms with Gasteiger partial charge < -0.3 is 4.74 Å². The molecular formula is C19H24N2O5S2. The van der Waals surface area contributed by atoms with Crippen LogP contribution in [0.4, 0.5) is 0 Å². The van der Waals surface area contributed by atoms with Crippen molar-refractivity contribution in [1.29, 1.82) is 0 Å². The second-order valence-electron chi connectivity index (χ2n) is 6.67. The summed E-state index contributed by atoms with van der Waals surface area (Å²) in [5, 5.41) is 0. The van der Waals surface area contributed by atoms with Gasteiger partial charge in [-0.15, -0.1) is 0 Å². The molecule has 0 aliphatic carbocycles. The summed E-state index contributed by atoms with van der Waals surface area (Å²) in [5.41, 5.74) is 1.03. The van der Waals surface area contributed by atoms with Gasteiger partial charge in [0.15, 0.2) is 9.84 Å². The van der Waals surface area contributed by atoms with Gasteiger partial charge in [0.25, 0.3) is 0 Å². The number of morpholine rings is 1. The molecule has 1 aliphatic heterocycles. The minimum Gasteiger partial charge on any atom is -0.379 e. The fraction of sp³-hybridized carbons (Fsp3) is 0.368. The van der Waals surface area contributed by atoms with Gasteiger partial charge in [-0.1, -0.05) is 30.3 Å². The predicted molar refractivity (Wildman–Crippen MR) is 106 cm³/mol. The van der Waals surface area contributed by atoms with Crippen molar-refractivity contribution in [3.8, 4) is 0 Å². The number of nitrogens with one attached hydrogen (secondary N) is 1. The number of hydrogen-bond donors (Lipinski definition) is 1. The second-order valence-corrected chi connectivity index (χ2v) is 10.5. The highest BCUT2D eigenvalue weighted by molar-refractivity contribution is 7.90. The average Bonchev–Trinajstić information content (AvgIpc) is 2.69. The molecule has 1 fully saturated rings. The van der Waals surface area contributed by atoms with Gasteiger partial charge in [-0.2, -0.15) is 0 Å². The summed E-state index contributed by atoms with van der Waals surface area (Å²) in [7, 11) is -7.14. The highest BCUT2D eigenvalue weighted by Gasteiger charge is 2.25. The standard InChI is InChI=1S/C19H24N2O5S2/c1-27(22,23)17-7-9-18(10-8-17)28(24,25)20-15-19(16-5-3-2-4-6-16)21-11-13-26-14-12-21/h2-10,19-20H,11-15H2,1H3. The van der Waals surface area contributed by atoms with Crippen molar-refractivity contribution in [3.05, 3.63) is 60.2 Å². The number of ether oxygens (including phenoxy) is 1. The van der Waals surface area contributed by atoms with Crippen molar-refractivity contribution >= 4 is 19.9 Å². The fourth-order valence-corrected chi connectivity index (χ4v) is 4.83. The minimum absolute atomic E-state index is 0.0358. The molecule has 0 radical (unpaired) electrons. The SMILES string of the molecule is CS(=O)(=O)c1ccc(S(=O)(=O)NCC(c2ccccc2)N2CCOCC2)cc1. The van der Waals surface area contributed by atoms with Crippen LogP contribution in [-0.2, 0) is 24.6 Å². The molecule has 0 spiro atoms. The third-order valence-electron chi connectivity index (χ3n) is 4.70. The zero-order valence-electron chi connectivity index (χ0n) is 15.6. The first-order valence-electron chi connectivity index (χ1n) is 8.94. The van der Waals surface area contributed by atoms with Crippen molar-refractivity contribution in [1.82, 2.24) is 9.62 Å². The summed E-state index contributed by atoms with van der Waals surface area (Å²) in [6, 6.07) is 14.9. The largest absolute Gasteiger partial charge is 0.379 e. The molecule has 0 aromatic heterocycles. The van der Waals surface area contributed by atoms with Crippen LogP contribution in [-0.4, -0.2) is 60.8 Å². The number of hydrogen-bond acceptors (Lipinski definition) is 6. The molecule has 1 N–H and O–H groups in total. The molecule has 7 nitrogen and oxygen atoms in total. The van der Waals surface area contributed by atoms with Gasteiger partial charge >= 0.3 is 0 Å². The Hall–Kier alpha value is -1.78. The third-order valence-corrected chi connectivity index (χ3v) is 7.27. The zero-order chi connectivity index (χ0) is 20.2. The Balaban J connectivity index is 1.78. The van der Waals surface area contributed by atoms with Crippen LogP contribution >= 0.6 is 0 Å². The normalized spacial score (nSPS) is 17.3. The smallest absolute Gasteiger partial charge is 0.240 e. The number of sulfone groups is 1. The predicted octanol–water partition coefficient (Wildman–Crippen LogP) is 1.44. The highest BCUT2D eigenvalue weighted by atomic mass is 32.2. The molecule has 1 unspecified atom stereocenters. The molecule has 0 amide bonds. The van der Waals surface area contributed by atoms with Gasteiger partial charge in [-0.3, -0.25) is 4.90 Å². The van der Waals surface area contributed by atoms with E-state index in [0.717, 1.165) is 24.9 Å². The molecule has 9 heteroatoms. The summed E-state index contributed by atoms with van der Waals surface area (Å²) < 4.78 is 56.6. The lowest BCUT2D eigenvalue weighted by atomic mass is 10.1. The summed E-state index contributed by atoms with van der Waals surface area (Å²) in [4.78, 5) is 2.32. The maximum Gasteiger partial charge on any atom is 0.240 e. The van der Waals surface area contributed by atoms with Crippen molar-refractivity contribution in [2.24, 2.45) is 0 Å². The summed E-state index contributed by atoms with van der Waals surface area (Å²) >= 11 is 0. The second kappa shape index (κ2) is 8.71. The first-order valence-corrected chi connectivity index (χ1v) is 12.3. The molecule has 1 heterocycles. The van der Waals surface area contributed by atoms with Crippen LogP contribution in [0.5, 0.6) is 0 Å². The van der Waals surface area contributed by atoms with Crippen LogP contribution in [0.15, 0.2) is 64.4 Å². The van der Waals surface area contributed by atoms with E-state index in [4.69, 9.17) is 4.74 Å². The molecule has 2 aromatic rings. The van der Waals surface area contributed by atoms with Gasteiger partial charge in [-0.25, -0.2) is 21.6 Å². The highest BCUT2D eigenvalue weighted by Crippen LogP contribution is 2.22. The maximum absolute atomic E-state index is 12.7. The van der Waals surface area contributed by atoms with Crippen LogP contribution in [0.2, 0.25) is 0 Å². The van der Waals surface area contributed by atoms with Crippen LogP contribution in [0.25, 0.3) is 0 Å². The number of nitrogens with zero attached hydrogens (tertiary/aromatic N) is 1. The quantitative estimate of drug-likeness (QED) is 0.723. The van der Waals surface area contributed by atoms with Crippen molar-refractivity contribution < 1.29 is 21.6 Å². The summed E-state index contributed by atoms with van der Waals surface area (Å²) in [6.45, 7) is 2.89. The van der Waals surface area contributed by atoms with E-state index in [1.54, 1.807) is 0 Å². The molecule has 1 saturated heterocycles. The third kappa shape index (κ3) is 5.18. The Morgan fingerprint density at radius 3 is 2.07 bits per heavy atom. The van der Waals surface area contributed by atoms with Gasteiger partial charge in [0, 0.05) is 31.9 Å². The van der Waals surface area contributed by atoms with Gasteiger partial charge in [0.05, 0.1) is 23.0 Å². The molecule has 0 bridgehead atoms. The first-order chi connectivity index (χ1) is 13.3. The van der Waals surface area contributed by atoms with Crippen molar-refractivity contribution in [2.75, 3.05) is 39.1 Å². The number of rotatable bonds is 7. The first kappa shape index (κ1) is 20.9. The molecule has 0 saturated carbocycles. The van der Waals surface area contributed by atoms with Gasteiger partial charge in [-0.05, 0) is 29.8 Å². The van der Waals surface area contributed by atoms with Crippen molar-refractivity contribution in [3.63, 3.8) is 0 Å². The average molecular weight is 425 g/mol. The lowest BCUT2D eigenvalue weighted by Crippen LogP contribution is -2.43. The maximum atomic E-state index is 12.7. The Kier molecular flexibility index (Phi) is 6.51. The summed E-state index contributed by atoms with van der Waals surface area (Å²) in [5.74, 6) is 0. The van der Waals surface area contributed by atoms with E-state index in [1.165, 1.54) is 24.3 Å². The number of benzene rings is 2. The van der Waals surface area contributed by atoms with E-state index in [0.29, 0.717) is 13.2 Å². The Morgan fingerprint density at radius 2 is 1.50 bits per heavy atom. The van der Waals surface area contributed by atoms with Crippen LogP contribution in [0, 0.1) is 0 Å². The number of sulfonamides is 1. The minimum atomic E-state index is -3.77. The van der Waals surface area contributed by atoms with Gasteiger partial charge in [0.1, 0.15) is 0 Å². The van der Waals surface area contributed by atoms with Crippen LogP contribution in [0.3, 0.4) is 0 Å². The lowest BCUT2D eigenvalue weighted by Gasteiger charge is -2.34. The molecule has 3 rings (SSSR count). The van der Waals surface area contributed by atoms with E-state index in [1.807, 2.05) is 30.3 Å². The lowest BCUT2D eigenvalue weighted by molar-refractivity contribution is 0.0172. The van der Waals surface area contributed by atoms with E-state index >= 15 is 0 Å². The van der Waals surface area contributed by atoms with E-state index in [-0.39, 0.29) is 22.4 Å². The van der Waals surface area contributed by atoms with Crippen LogP contribution in [0.1, 0.15) is 11.6 Å². The summed E-state index contributed by atoms with van der Waals surface area (Å²) in [6.07, 6.45) is 1.08. The Morgan fingerprint density at radius 1 is 0.929 bits per heavy atom. The van der Waals surface area contributed by atoms with Crippen molar-refractivity contribution in [2.45, 2.75) is 15.8 Å².